The zero-order valence-corrected chi connectivity index (χ0v) is 13.5. The van der Waals surface area contributed by atoms with Gasteiger partial charge in [-0.05, 0) is 30.7 Å². The lowest BCUT2D eigenvalue weighted by molar-refractivity contribution is -0.385. The van der Waals surface area contributed by atoms with Crippen molar-refractivity contribution in [2.24, 2.45) is 0 Å². The highest BCUT2D eigenvalue weighted by molar-refractivity contribution is 5.93. The Morgan fingerprint density at radius 1 is 1.20 bits per heavy atom. The largest absolute Gasteiger partial charge is 0.325 e. The predicted molar refractivity (Wildman–Crippen MR) is 93.7 cm³/mol. The molecule has 1 N–H and O–H groups in total. The van der Waals surface area contributed by atoms with Crippen molar-refractivity contribution in [2.75, 3.05) is 5.32 Å². The number of hydrogen-bond donors (Lipinski definition) is 1. The fourth-order valence-electron chi connectivity index (χ4n) is 2.51. The van der Waals surface area contributed by atoms with E-state index in [1.54, 1.807) is 36.1 Å². The van der Waals surface area contributed by atoms with Gasteiger partial charge in [-0.2, -0.15) is 5.10 Å². The van der Waals surface area contributed by atoms with Crippen LogP contribution in [0.1, 0.15) is 11.1 Å². The molecule has 0 radical (unpaired) electrons. The lowest BCUT2D eigenvalue weighted by Gasteiger charge is -2.08. The molecular formula is C18H16N4O3. The monoisotopic (exact) mass is 336 g/mol. The molecule has 0 aliphatic rings. The summed E-state index contributed by atoms with van der Waals surface area (Å²) in [4.78, 5) is 22.7. The number of nitrogens with one attached hydrogen (secondary N) is 1. The van der Waals surface area contributed by atoms with Crippen LogP contribution in [-0.4, -0.2) is 20.6 Å². The summed E-state index contributed by atoms with van der Waals surface area (Å²) in [7, 11) is 0. The molecule has 0 spiro atoms. The number of nitro groups is 1. The van der Waals surface area contributed by atoms with Gasteiger partial charge in [0.2, 0.25) is 5.91 Å². The van der Waals surface area contributed by atoms with Gasteiger partial charge >= 0.3 is 0 Å². The van der Waals surface area contributed by atoms with Crippen molar-refractivity contribution in [2.45, 2.75) is 13.3 Å². The van der Waals surface area contributed by atoms with Crippen LogP contribution < -0.4 is 5.32 Å². The summed E-state index contributed by atoms with van der Waals surface area (Å²) >= 11 is 0. The third-order valence-electron chi connectivity index (χ3n) is 3.80. The van der Waals surface area contributed by atoms with Crippen molar-refractivity contribution in [3.05, 3.63) is 82.2 Å². The maximum atomic E-state index is 12.2. The molecular weight excluding hydrogens is 320 g/mol. The third-order valence-corrected chi connectivity index (χ3v) is 3.80. The number of amides is 1. The number of para-hydroxylation sites is 1. The minimum atomic E-state index is -0.463. The van der Waals surface area contributed by atoms with Crippen molar-refractivity contribution in [1.82, 2.24) is 9.78 Å². The van der Waals surface area contributed by atoms with Gasteiger partial charge in [-0.3, -0.25) is 14.9 Å². The molecule has 0 saturated carbocycles. The second-order valence-corrected chi connectivity index (χ2v) is 5.56. The van der Waals surface area contributed by atoms with Crippen LogP contribution in [0.5, 0.6) is 0 Å². The van der Waals surface area contributed by atoms with Gasteiger partial charge < -0.3 is 5.32 Å². The molecule has 126 valence electrons. The average Bonchev–Trinajstić information content (AvgIpc) is 3.05. The van der Waals surface area contributed by atoms with E-state index in [1.807, 2.05) is 30.3 Å². The van der Waals surface area contributed by atoms with E-state index in [0.717, 1.165) is 11.3 Å². The van der Waals surface area contributed by atoms with Gasteiger partial charge in [0.1, 0.15) is 0 Å². The first-order valence-electron chi connectivity index (χ1n) is 7.67. The van der Waals surface area contributed by atoms with E-state index in [0.29, 0.717) is 11.3 Å². The standard InChI is InChI=1S/C18H16N4O3/c1-13-16(8-5-9-17(13)22(24)25)20-18(23)10-14-11-19-21(12-14)15-6-3-2-4-7-15/h2-9,11-12H,10H2,1H3,(H,20,23). The third kappa shape index (κ3) is 3.72. The molecule has 0 saturated heterocycles. The molecule has 1 aromatic heterocycles. The van der Waals surface area contributed by atoms with Crippen LogP contribution >= 0.6 is 0 Å². The minimum absolute atomic E-state index is 0.0188. The summed E-state index contributed by atoms with van der Waals surface area (Å²) < 4.78 is 1.70. The van der Waals surface area contributed by atoms with E-state index in [2.05, 4.69) is 10.4 Å². The second-order valence-electron chi connectivity index (χ2n) is 5.56. The highest BCUT2D eigenvalue weighted by Gasteiger charge is 2.15. The normalized spacial score (nSPS) is 10.4. The first-order chi connectivity index (χ1) is 12.0. The molecule has 0 aliphatic heterocycles. The quantitative estimate of drug-likeness (QED) is 0.572. The van der Waals surface area contributed by atoms with Gasteiger partial charge in [-0.25, -0.2) is 4.68 Å². The maximum absolute atomic E-state index is 12.2. The van der Waals surface area contributed by atoms with Crippen LogP contribution in [0, 0.1) is 17.0 Å². The smallest absolute Gasteiger partial charge is 0.274 e. The van der Waals surface area contributed by atoms with Crippen molar-refractivity contribution in [3.8, 4) is 5.69 Å². The molecule has 1 amide bonds. The Balaban J connectivity index is 1.71. The van der Waals surface area contributed by atoms with Crippen LogP contribution in [0.4, 0.5) is 11.4 Å². The van der Waals surface area contributed by atoms with Crippen LogP contribution in [0.3, 0.4) is 0 Å². The fraction of sp³-hybridized carbons (Fsp3) is 0.111. The molecule has 2 aromatic carbocycles. The van der Waals surface area contributed by atoms with E-state index < -0.39 is 4.92 Å². The van der Waals surface area contributed by atoms with Crippen molar-refractivity contribution < 1.29 is 9.72 Å². The number of hydrogen-bond acceptors (Lipinski definition) is 4. The molecule has 0 fully saturated rings. The maximum Gasteiger partial charge on any atom is 0.274 e. The Morgan fingerprint density at radius 3 is 2.68 bits per heavy atom. The lowest BCUT2D eigenvalue weighted by Crippen LogP contribution is -2.15. The first kappa shape index (κ1) is 16.4. The summed E-state index contributed by atoms with van der Waals surface area (Å²) in [5, 5.41) is 17.9. The van der Waals surface area contributed by atoms with Crippen molar-refractivity contribution in [1.29, 1.82) is 0 Å². The Kier molecular flexibility index (Phi) is 4.56. The Labute approximate surface area is 144 Å². The molecule has 25 heavy (non-hydrogen) atoms. The summed E-state index contributed by atoms with van der Waals surface area (Å²) in [6.45, 7) is 1.61. The molecule has 7 heteroatoms. The number of aromatic nitrogens is 2. The van der Waals surface area contributed by atoms with Gasteiger partial charge in [-0.1, -0.05) is 24.3 Å². The number of rotatable bonds is 5. The SMILES string of the molecule is Cc1c(NC(=O)Cc2cnn(-c3ccccc3)c2)cccc1[N+](=O)[O-]. The molecule has 0 aliphatic carbocycles. The number of benzene rings is 2. The van der Waals surface area contributed by atoms with Crippen LogP contribution in [0.2, 0.25) is 0 Å². The van der Waals surface area contributed by atoms with Gasteiger partial charge in [0.25, 0.3) is 5.69 Å². The van der Waals surface area contributed by atoms with E-state index in [9.17, 15) is 14.9 Å². The summed E-state index contributed by atoms with van der Waals surface area (Å²) in [6.07, 6.45) is 3.55. The second kappa shape index (κ2) is 6.96. The zero-order valence-electron chi connectivity index (χ0n) is 13.5. The number of anilines is 1. The van der Waals surface area contributed by atoms with Crippen molar-refractivity contribution >= 4 is 17.3 Å². The molecule has 0 bridgehead atoms. The van der Waals surface area contributed by atoms with E-state index >= 15 is 0 Å². The number of nitro benzene ring substituents is 1. The van der Waals surface area contributed by atoms with Crippen molar-refractivity contribution in [3.63, 3.8) is 0 Å². The number of carbonyl (C=O) groups excluding carboxylic acids is 1. The summed E-state index contributed by atoms with van der Waals surface area (Å²) in [5.74, 6) is -0.254. The molecule has 7 nitrogen and oxygen atoms in total. The highest BCUT2D eigenvalue weighted by atomic mass is 16.6. The average molecular weight is 336 g/mol. The lowest BCUT2D eigenvalue weighted by atomic mass is 10.1. The molecule has 0 unspecified atom stereocenters. The van der Waals surface area contributed by atoms with Gasteiger partial charge in [0.15, 0.2) is 0 Å². The summed E-state index contributed by atoms with van der Waals surface area (Å²) in [6, 6.07) is 14.2. The topological polar surface area (TPSA) is 90.1 Å². The summed E-state index contributed by atoms with van der Waals surface area (Å²) in [5.41, 5.74) is 2.51. The Hall–Kier alpha value is -3.48. The Morgan fingerprint density at radius 2 is 1.96 bits per heavy atom. The molecule has 1 heterocycles. The number of carbonyl (C=O) groups is 1. The van der Waals surface area contributed by atoms with Crippen LogP contribution in [0.25, 0.3) is 5.69 Å². The van der Waals surface area contributed by atoms with Gasteiger partial charge in [-0.15, -0.1) is 0 Å². The zero-order chi connectivity index (χ0) is 17.8. The fourth-order valence-corrected chi connectivity index (χ4v) is 2.51. The Bertz CT molecular complexity index is 919. The highest BCUT2D eigenvalue weighted by Crippen LogP contribution is 2.25. The van der Waals surface area contributed by atoms with E-state index in [1.165, 1.54) is 6.07 Å². The molecule has 3 rings (SSSR count). The van der Waals surface area contributed by atoms with Gasteiger partial charge in [0.05, 0.1) is 34.5 Å². The number of nitrogens with zero attached hydrogens (tertiary/aromatic N) is 3. The first-order valence-corrected chi connectivity index (χ1v) is 7.67. The minimum Gasteiger partial charge on any atom is -0.325 e. The molecule has 3 aromatic rings. The predicted octanol–water partition coefficient (Wildman–Crippen LogP) is 3.27. The molecule has 0 atom stereocenters. The van der Waals surface area contributed by atoms with E-state index in [4.69, 9.17) is 0 Å². The van der Waals surface area contributed by atoms with Crippen LogP contribution in [0.15, 0.2) is 60.9 Å². The van der Waals surface area contributed by atoms with Crippen LogP contribution in [-0.2, 0) is 11.2 Å². The van der Waals surface area contributed by atoms with E-state index in [-0.39, 0.29) is 18.0 Å². The van der Waals surface area contributed by atoms with Gasteiger partial charge in [0, 0.05) is 12.3 Å².